The molecule has 2 aromatic heterocycles. The highest BCUT2D eigenvalue weighted by Gasteiger charge is 2.23. The molecule has 1 aliphatic carbocycles. The van der Waals surface area contributed by atoms with Gasteiger partial charge in [-0.2, -0.15) is 5.26 Å². The summed E-state index contributed by atoms with van der Waals surface area (Å²) in [6.45, 7) is 4.03. The smallest absolute Gasteiger partial charge is 0.277 e. The zero-order valence-electron chi connectivity index (χ0n) is 15.5. The quantitative estimate of drug-likeness (QED) is 0.623. The number of benzene rings is 1. The van der Waals surface area contributed by atoms with Gasteiger partial charge in [0.05, 0.1) is 11.3 Å². The van der Waals surface area contributed by atoms with E-state index in [0.717, 1.165) is 41.5 Å². The number of carbonyl (C=O) groups excluding carboxylic acids is 1. The number of nitrogens with one attached hydrogen (secondary N) is 1. The fraction of sp³-hybridized carbons (Fsp3) is 0.300. The molecule has 0 fully saturated rings. The van der Waals surface area contributed by atoms with Crippen LogP contribution < -0.4 is 5.32 Å². The molecule has 0 atom stereocenters. The summed E-state index contributed by atoms with van der Waals surface area (Å²) in [6, 6.07) is 8.29. The first-order valence-electron chi connectivity index (χ1n) is 8.93. The molecule has 0 aliphatic heterocycles. The average Bonchev–Trinajstić information content (AvgIpc) is 3.35. The van der Waals surface area contributed by atoms with Gasteiger partial charge in [-0.1, -0.05) is 29.0 Å². The van der Waals surface area contributed by atoms with E-state index >= 15 is 0 Å². The Kier molecular flexibility index (Phi) is 5.20. The molecule has 0 saturated heterocycles. The van der Waals surface area contributed by atoms with Crippen LogP contribution >= 0.6 is 23.1 Å². The lowest BCUT2D eigenvalue weighted by atomic mass is 10.1. The van der Waals surface area contributed by atoms with Crippen molar-refractivity contribution in [2.24, 2.45) is 0 Å². The van der Waals surface area contributed by atoms with Gasteiger partial charge >= 0.3 is 0 Å². The van der Waals surface area contributed by atoms with Gasteiger partial charge < -0.3 is 9.73 Å². The summed E-state index contributed by atoms with van der Waals surface area (Å²) in [4.78, 5) is 13.5. The van der Waals surface area contributed by atoms with Crippen LogP contribution in [0.5, 0.6) is 0 Å². The number of hydrogen-bond acceptors (Lipinski definition) is 7. The van der Waals surface area contributed by atoms with Crippen molar-refractivity contribution < 1.29 is 9.21 Å². The number of amides is 1. The van der Waals surface area contributed by atoms with Gasteiger partial charge in [-0.3, -0.25) is 4.79 Å². The lowest BCUT2D eigenvalue weighted by Gasteiger charge is -2.02. The van der Waals surface area contributed by atoms with E-state index in [1.165, 1.54) is 28.0 Å². The predicted molar refractivity (Wildman–Crippen MR) is 110 cm³/mol. The maximum absolute atomic E-state index is 12.3. The maximum Gasteiger partial charge on any atom is 0.277 e. The summed E-state index contributed by atoms with van der Waals surface area (Å²) in [7, 11) is 0. The molecule has 0 spiro atoms. The molecule has 1 aromatic carbocycles. The van der Waals surface area contributed by atoms with Crippen LogP contribution in [0.15, 0.2) is 27.8 Å². The average molecular weight is 411 g/mol. The number of thioether (sulfide) groups is 1. The zero-order valence-corrected chi connectivity index (χ0v) is 17.2. The molecule has 0 unspecified atom stereocenters. The van der Waals surface area contributed by atoms with Crippen LogP contribution in [0.3, 0.4) is 0 Å². The first-order valence-corrected chi connectivity index (χ1v) is 10.7. The molecule has 6 nitrogen and oxygen atoms in total. The molecule has 0 bridgehead atoms. The van der Waals surface area contributed by atoms with E-state index in [0.29, 0.717) is 21.7 Å². The molecule has 3 aromatic rings. The Labute approximate surface area is 171 Å². The van der Waals surface area contributed by atoms with Crippen LogP contribution in [-0.2, 0) is 17.6 Å². The predicted octanol–water partition coefficient (Wildman–Crippen LogP) is 4.51. The fourth-order valence-electron chi connectivity index (χ4n) is 3.38. The van der Waals surface area contributed by atoms with Crippen molar-refractivity contribution in [2.45, 2.75) is 38.3 Å². The van der Waals surface area contributed by atoms with Crippen molar-refractivity contribution in [2.75, 3.05) is 11.1 Å². The Morgan fingerprint density at radius 3 is 2.82 bits per heavy atom. The van der Waals surface area contributed by atoms with Crippen molar-refractivity contribution in [1.29, 1.82) is 5.26 Å². The normalized spacial score (nSPS) is 12.6. The molecule has 142 valence electrons. The van der Waals surface area contributed by atoms with Crippen LogP contribution in [-0.4, -0.2) is 21.9 Å². The minimum absolute atomic E-state index is 0.141. The number of thiophene rings is 1. The maximum atomic E-state index is 12.3. The molecule has 1 aliphatic rings. The van der Waals surface area contributed by atoms with E-state index in [1.54, 1.807) is 0 Å². The summed E-state index contributed by atoms with van der Waals surface area (Å²) in [5.74, 6) is 0.394. The van der Waals surface area contributed by atoms with E-state index in [2.05, 4.69) is 27.6 Å². The Balaban J connectivity index is 1.40. The standard InChI is InChI=1S/C20H18N4O2S2/c1-11-6-12(2)8-13(7-11)18-23-24-20(26-18)27-10-17(25)22-19-15(9-21)14-4-3-5-16(14)28-19/h6-8H,3-5,10H2,1-2H3,(H,22,25). The van der Waals surface area contributed by atoms with Crippen LogP contribution in [0, 0.1) is 25.2 Å². The molecule has 0 saturated carbocycles. The highest BCUT2D eigenvalue weighted by atomic mass is 32.2. The number of nitriles is 1. The number of carbonyl (C=O) groups is 1. The summed E-state index contributed by atoms with van der Waals surface area (Å²) in [5, 5.41) is 21.4. The monoisotopic (exact) mass is 410 g/mol. The molecule has 8 heteroatoms. The number of aryl methyl sites for hydroxylation is 3. The summed E-state index contributed by atoms with van der Waals surface area (Å²) >= 11 is 2.70. The van der Waals surface area contributed by atoms with Crippen LogP contribution in [0.1, 0.15) is 33.6 Å². The van der Waals surface area contributed by atoms with Gasteiger partial charge in [0.1, 0.15) is 11.1 Å². The minimum atomic E-state index is -0.187. The highest BCUT2D eigenvalue weighted by Crippen LogP contribution is 2.38. The van der Waals surface area contributed by atoms with E-state index in [-0.39, 0.29) is 11.7 Å². The molecule has 1 N–H and O–H groups in total. The number of anilines is 1. The van der Waals surface area contributed by atoms with E-state index in [1.807, 2.05) is 26.0 Å². The van der Waals surface area contributed by atoms with Crippen molar-refractivity contribution in [3.63, 3.8) is 0 Å². The zero-order chi connectivity index (χ0) is 19.7. The largest absolute Gasteiger partial charge is 0.411 e. The third kappa shape index (κ3) is 3.81. The summed E-state index contributed by atoms with van der Waals surface area (Å²) in [6.07, 6.45) is 2.99. The van der Waals surface area contributed by atoms with Gasteiger partial charge in [-0.15, -0.1) is 21.5 Å². The van der Waals surface area contributed by atoms with Gasteiger partial charge in [0.25, 0.3) is 5.22 Å². The Morgan fingerprint density at radius 2 is 2.07 bits per heavy atom. The topological polar surface area (TPSA) is 91.8 Å². The van der Waals surface area contributed by atoms with E-state index < -0.39 is 0 Å². The van der Waals surface area contributed by atoms with Crippen LogP contribution in [0.25, 0.3) is 11.5 Å². The lowest BCUT2D eigenvalue weighted by Crippen LogP contribution is -2.14. The summed E-state index contributed by atoms with van der Waals surface area (Å²) < 4.78 is 5.69. The lowest BCUT2D eigenvalue weighted by molar-refractivity contribution is -0.113. The van der Waals surface area contributed by atoms with Gasteiger partial charge in [-0.05, 0) is 50.8 Å². The molecule has 28 heavy (non-hydrogen) atoms. The Morgan fingerprint density at radius 1 is 1.29 bits per heavy atom. The van der Waals surface area contributed by atoms with Crippen LogP contribution in [0.4, 0.5) is 5.00 Å². The fourth-order valence-corrected chi connectivity index (χ4v) is 5.20. The SMILES string of the molecule is Cc1cc(C)cc(-c2nnc(SCC(=O)Nc3sc4c(c3C#N)CCC4)o2)c1. The third-order valence-corrected chi connectivity index (χ3v) is 6.51. The molecule has 4 rings (SSSR count). The number of rotatable bonds is 5. The van der Waals surface area contributed by atoms with Gasteiger partial charge in [0, 0.05) is 10.4 Å². The number of fused-ring (bicyclic) bond motifs is 1. The van der Waals surface area contributed by atoms with Crippen molar-refractivity contribution in [3.8, 4) is 17.5 Å². The Bertz CT molecular complexity index is 1070. The molecule has 2 heterocycles. The van der Waals surface area contributed by atoms with Gasteiger partial charge in [-0.25, -0.2) is 0 Å². The van der Waals surface area contributed by atoms with E-state index in [9.17, 15) is 10.1 Å². The van der Waals surface area contributed by atoms with Crippen molar-refractivity contribution in [1.82, 2.24) is 10.2 Å². The number of aromatic nitrogens is 2. The molecule has 1 amide bonds. The third-order valence-electron chi connectivity index (χ3n) is 4.49. The van der Waals surface area contributed by atoms with Crippen LogP contribution in [0.2, 0.25) is 0 Å². The second-order valence-electron chi connectivity index (χ2n) is 6.76. The van der Waals surface area contributed by atoms with E-state index in [4.69, 9.17) is 4.42 Å². The number of nitrogens with zero attached hydrogens (tertiary/aromatic N) is 3. The van der Waals surface area contributed by atoms with Crippen molar-refractivity contribution in [3.05, 3.63) is 45.3 Å². The highest BCUT2D eigenvalue weighted by molar-refractivity contribution is 7.99. The minimum Gasteiger partial charge on any atom is -0.411 e. The van der Waals surface area contributed by atoms with Gasteiger partial charge in [0.15, 0.2) is 0 Å². The molecular weight excluding hydrogens is 392 g/mol. The first-order chi connectivity index (χ1) is 13.5. The van der Waals surface area contributed by atoms with Crippen molar-refractivity contribution >= 4 is 34.0 Å². The number of hydrogen-bond donors (Lipinski definition) is 1. The first kappa shape index (κ1) is 18.7. The second kappa shape index (κ2) is 7.78. The van der Waals surface area contributed by atoms with Gasteiger partial charge in [0.2, 0.25) is 11.8 Å². The molecule has 0 radical (unpaired) electrons. The molecular formula is C20H18N4O2S2. The Hall–Kier alpha value is -2.63. The second-order valence-corrected chi connectivity index (χ2v) is 8.79. The summed E-state index contributed by atoms with van der Waals surface area (Å²) in [5.41, 5.74) is 4.83.